The molecule has 2 aromatic heterocycles. The summed E-state index contributed by atoms with van der Waals surface area (Å²) in [7, 11) is 0. The number of aromatic nitrogens is 2. The fourth-order valence-electron chi connectivity index (χ4n) is 4.16. The van der Waals surface area contributed by atoms with Crippen molar-refractivity contribution in [2.24, 2.45) is 0 Å². The molecule has 270 valence electrons. The summed E-state index contributed by atoms with van der Waals surface area (Å²) in [5, 5.41) is 0. The van der Waals surface area contributed by atoms with Crippen molar-refractivity contribution in [2.45, 2.75) is 54.1 Å². The predicted molar refractivity (Wildman–Crippen MR) is 175 cm³/mol. The Labute approximate surface area is 284 Å². The molecule has 16 nitrogen and oxygen atoms in total. The number of amides is 1. The first-order chi connectivity index (χ1) is 23.2. The summed E-state index contributed by atoms with van der Waals surface area (Å²) in [5.74, 6) is -2.31. The van der Waals surface area contributed by atoms with E-state index >= 15 is 0 Å². The molecule has 0 aliphatic carbocycles. The quantitative estimate of drug-likeness (QED) is 0.252. The first-order valence-electron chi connectivity index (χ1n) is 16.0. The van der Waals surface area contributed by atoms with Gasteiger partial charge in [0, 0.05) is 57.0 Å². The van der Waals surface area contributed by atoms with Crippen molar-refractivity contribution in [1.29, 1.82) is 0 Å². The fraction of sp³-hybridized carbons (Fsp3) is 0.545. The number of nitrogens with one attached hydrogen (secondary N) is 1. The summed E-state index contributed by atoms with van der Waals surface area (Å²) in [4.78, 5) is 80.8. The van der Waals surface area contributed by atoms with Crippen molar-refractivity contribution >= 4 is 30.0 Å². The molecule has 1 aliphatic heterocycles. The lowest BCUT2D eigenvalue weighted by Crippen LogP contribution is -2.50. The van der Waals surface area contributed by atoms with Gasteiger partial charge in [0.2, 0.25) is 0 Å². The van der Waals surface area contributed by atoms with Crippen LogP contribution in [-0.2, 0) is 23.7 Å². The topological polar surface area (TPSA) is 193 Å². The van der Waals surface area contributed by atoms with Crippen molar-refractivity contribution in [2.75, 3.05) is 65.8 Å². The number of aromatic amines is 1. The van der Waals surface area contributed by atoms with Crippen LogP contribution in [0.5, 0.6) is 5.75 Å². The Bertz CT molecular complexity index is 1420. The number of pyridine rings is 2. The van der Waals surface area contributed by atoms with Crippen LogP contribution >= 0.6 is 0 Å². The summed E-state index contributed by atoms with van der Waals surface area (Å²) in [6, 6.07) is 5.03. The highest BCUT2D eigenvalue weighted by atomic mass is 16.6. The predicted octanol–water partition coefficient (Wildman–Crippen LogP) is 3.09. The van der Waals surface area contributed by atoms with Gasteiger partial charge in [0.05, 0.1) is 26.4 Å². The number of ether oxygens (including phenoxy) is 6. The van der Waals surface area contributed by atoms with Gasteiger partial charge in [0.1, 0.15) is 29.3 Å². The molecule has 0 unspecified atom stereocenters. The maximum Gasteiger partial charge on any atom is 0.410 e. The highest BCUT2D eigenvalue weighted by Gasteiger charge is 2.26. The monoisotopic (exact) mass is 690 g/mol. The maximum atomic E-state index is 12.2. The van der Waals surface area contributed by atoms with Crippen LogP contribution in [0.2, 0.25) is 0 Å². The smallest absolute Gasteiger partial charge is 0.410 e. The Morgan fingerprint density at radius 2 is 1.16 bits per heavy atom. The zero-order valence-corrected chi connectivity index (χ0v) is 29.1. The molecule has 0 aromatic carbocycles. The van der Waals surface area contributed by atoms with Crippen LogP contribution in [0, 0.1) is 0 Å². The van der Waals surface area contributed by atoms with Crippen molar-refractivity contribution < 1.29 is 52.4 Å². The Morgan fingerprint density at radius 3 is 1.59 bits per heavy atom. The number of carbonyl (C=O) groups is 5. The number of esters is 4. The largest absolute Gasteiger partial charge is 0.492 e. The van der Waals surface area contributed by atoms with Gasteiger partial charge >= 0.3 is 30.0 Å². The molecule has 2 aromatic rings. The standard InChI is InChI=1S/C22H33N3O7.C11H13NO5/c1-6-29-19(26)17-14-16(15-18(23-17)20(27)30-7-2)31-13-12-24-8-10-25(11-9-24)21(28)32-22(3,4)5;1-3-16-10(14)8-5-7(13)6-9(12-8)11(15)17-4-2/h14-15H,6-13H2,1-5H3;5-6H,3-4H2,1-2H3,(H,12,13). The second-order valence-electron chi connectivity index (χ2n) is 11.3. The first kappa shape index (κ1) is 40.2. The third-order valence-corrected chi connectivity index (χ3v) is 6.30. The molecule has 1 saturated heterocycles. The summed E-state index contributed by atoms with van der Waals surface area (Å²) in [6.07, 6.45) is -0.303. The zero-order valence-electron chi connectivity index (χ0n) is 29.1. The lowest BCUT2D eigenvalue weighted by Gasteiger charge is -2.35. The molecule has 0 radical (unpaired) electrons. The van der Waals surface area contributed by atoms with Gasteiger partial charge in [-0.1, -0.05) is 0 Å². The summed E-state index contributed by atoms with van der Waals surface area (Å²) < 4.78 is 30.6. The van der Waals surface area contributed by atoms with E-state index in [1.54, 1.807) is 32.6 Å². The van der Waals surface area contributed by atoms with Gasteiger partial charge in [-0.25, -0.2) is 29.0 Å². The molecular formula is C33H46N4O12. The number of hydrogen-bond acceptors (Lipinski definition) is 14. The first-order valence-corrected chi connectivity index (χ1v) is 16.0. The molecule has 3 rings (SSSR count). The SMILES string of the molecule is CCOC(=O)c1cc(=O)cc(C(=O)OCC)[nH]1.CCOC(=O)c1cc(OCCN2CCN(C(=O)OC(C)(C)C)CC2)cc(C(=O)OCC)n1. The Morgan fingerprint density at radius 1 is 0.714 bits per heavy atom. The van der Waals surface area contributed by atoms with Crippen LogP contribution in [0.3, 0.4) is 0 Å². The van der Waals surface area contributed by atoms with Gasteiger partial charge in [-0.15, -0.1) is 0 Å². The third kappa shape index (κ3) is 13.9. The number of hydrogen-bond donors (Lipinski definition) is 1. The fourth-order valence-corrected chi connectivity index (χ4v) is 4.16. The number of rotatable bonds is 12. The Hall–Kier alpha value is -4.99. The minimum atomic E-state index is -0.684. The van der Waals surface area contributed by atoms with Crippen LogP contribution in [-0.4, -0.2) is 121 Å². The molecule has 16 heteroatoms. The lowest BCUT2D eigenvalue weighted by molar-refractivity contribution is 0.0135. The van der Waals surface area contributed by atoms with E-state index in [0.29, 0.717) is 45.1 Å². The van der Waals surface area contributed by atoms with E-state index in [-0.39, 0.29) is 55.3 Å². The number of carbonyl (C=O) groups excluding carboxylic acids is 5. The van der Waals surface area contributed by atoms with Crippen LogP contribution in [0.25, 0.3) is 0 Å². The van der Waals surface area contributed by atoms with Gasteiger partial charge in [-0.05, 0) is 48.5 Å². The molecule has 0 spiro atoms. The van der Waals surface area contributed by atoms with E-state index in [9.17, 15) is 28.8 Å². The number of nitrogens with zero attached hydrogens (tertiary/aromatic N) is 3. The number of H-pyrrole nitrogens is 1. The van der Waals surface area contributed by atoms with E-state index in [2.05, 4.69) is 14.9 Å². The summed E-state index contributed by atoms with van der Waals surface area (Å²) in [6.45, 7) is 16.4. The van der Waals surface area contributed by atoms with Gasteiger partial charge in [-0.3, -0.25) is 9.69 Å². The van der Waals surface area contributed by atoms with E-state index in [1.807, 2.05) is 20.8 Å². The molecular weight excluding hydrogens is 644 g/mol. The Kier molecular flexibility index (Phi) is 16.2. The second-order valence-corrected chi connectivity index (χ2v) is 11.3. The number of piperazine rings is 1. The van der Waals surface area contributed by atoms with Gasteiger partial charge in [0.25, 0.3) is 0 Å². The highest BCUT2D eigenvalue weighted by Crippen LogP contribution is 2.17. The maximum absolute atomic E-state index is 12.2. The van der Waals surface area contributed by atoms with E-state index < -0.39 is 34.9 Å². The van der Waals surface area contributed by atoms with Gasteiger partial charge in [-0.2, -0.15) is 0 Å². The van der Waals surface area contributed by atoms with Crippen molar-refractivity contribution in [3.8, 4) is 5.75 Å². The molecule has 1 fully saturated rings. The highest BCUT2D eigenvalue weighted by molar-refractivity contribution is 5.92. The second kappa shape index (κ2) is 19.7. The molecule has 0 saturated carbocycles. The molecule has 49 heavy (non-hydrogen) atoms. The minimum Gasteiger partial charge on any atom is -0.492 e. The van der Waals surface area contributed by atoms with Crippen molar-refractivity contribution in [3.63, 3.8) is 0 Å². The van der Waals surface area contributed by atoms with Gasteiger partial charge < -0.3 is 38.3 Å². The average Bonchev–Trinajstić information content (AvgIpc) is 3.04. The third-order valence-electron chi connectivity index (χ3n) is 6.30. The molecule has 0 atom stereocenters. The van der Waals surface area contributed by atoms with Crippen molar-refractivity contribution in [3.05, 3.63) is 57.3 Å². The van der Waals surface area contributed by atoms with E-state index in [4.69, 9.17) is 28.4 Å². The van der Waals surface area contributed by atoms with Crippen LogP contribution in [0.15, 0.2) is 29.1 Å². The summed E-state index contributed by atoms with van der Waals surface area (Å²) >= 11 is 0. The van der Waals surface area contributed by atoms with E-state index in [1.165, 1.54) is 12.1 Å². The van der Waals surface area contributed by atoms with Crippen LogP contribution < -0.4 is 10.2 Å². The van der Waals surface area contributed by atoms with E-state index in [0.717, 1.165) is 12.1 Å². The molecule has 3 heterocycles. The summed E-state index contributed by atoms with van der Waals surface area (Å²) in [5.41, 5.74) is -1.14. The zero-order chi connectivity index (χ0) is 36.6. The lowest BCUT2D eigenvalue weighted by atomic mass is 10.2. The molecule has 1 amide bonds. The van der Waals surface area contributed by atoms with Crippen molar-refractivity contribution in [1.82, 2.24) is 19.8 Å². The normalized spacial score (nSPS) is 12.9. The van der Waals surface area contributed by atoms with Crippen LogP contribution in [0.1, 0.15) is 90.4 Å². The molecule has 1 N–H and O–H groups in total. The Balaban J connectivity index is 0.000000412. The molecule has 1 aliphatic rings. The molecule has 0 bridgehead atoms. The average molecular weight is 691 g/mol. The van der Waals surface area contributed by atoms with Crippen LogP contribution in [0.4, 0.5) is 4.79 Å². The minimum absolute atomic E-state index is 0.0154. The van der Waals surface area contributed by atoms with Gasteiger partial charge in [0.15, 0.2) is 16.8 Å².